The summed E-state index contributed by atoms with van der Waals surface area (Å²) in [6.45, 7) is 12.7. The number of nitrogens with zero attached hydrogens (tertiary/aromatic N) is 1. The fraction of sp³-hybridized carbons (Fsp3) is 0.750. The first-order chi connectivity index (χ1) is 34.5. The molecule has 3 fully saturated rings. The number of esters is 2. The van der Waals surface area contributed by atoms with Crippen LogP contribution in [-0.4, -0.2) is 156 Å². The van der Waals surface area contributed by atoms with Gasteiger partial charge in [0.05, 0.1) is 31.5 Å². The maximum Gasteiger partial charge on any atom is 0.329 e. The highest BCUT2D eigenvalue weighted by molar-refractivity contribution is 6.39. The van der Waals surface area contributed by atoms with Gasteiger partial charge in [0.15, 0.2) is 5.78 Å². The van der Waals surface area contributed by atoms with Gasteiger partial charge in [-0.2, -0.15) is 0 Å². The van der Waals surface area contributed by atoms with Crippen molar-refractivity contribution in [2.45, 2.75) is 187 Å². The molecule has 2 saturated heterocycles. The molecule has 17 heteroatoms. The molecule has 1 unspecified atom stereocenters. The summed E-state index contributed by atoms with van der Waals surface area (Å²) in [5, 5.41) is 43.1. The monoisotopic (exact) mass is 1030 g/mol. The number of aliphatic hydroxyl groups is 4. The largest absolute Gasteiger partial charge is 0.460 e. The van der Waals surface area contributed by atoms with E-state index in [9.17, 15) is 49.2 Å². The number of amides is 1. The molecule has 4 rings (SSSR count). The van der Waals surface area contributed by atoms with Gasteiger partial charge in [0.1, 0.15) is 41.7 Å². The first-order valence-corrected chi connectivity index (χ1v) is 26.4. The van der Waals surface area contributed by atoms with Crippen LogP contribution in [0.2, 0.25) is 0 Å². The lowest BCUT2D eigenvalue weighted by atomic mass is 9.78. The third kappa shape index (κ3) is 16.0. The van der Waals surface area contributed by atoms with Crippen LogP contribution < -0.4 is 0 Å². The van der Waals surface area contributed by atoms with Crippen LogP contribution in [-0.2, 0) is 57.2 Å². The number of Topliss-reactive ketones (excluding diaryl/α,β-unsaturated/α-hetero) is 3. The number of piperidine rings is 1. The minimum atomic E-state index is -2.47. The molecule has 0 aromatic carbocycles. The molecule has 0 radical (unpaired) electrons. The van der Waals surface area contributed by atoms with Crippen molar-refractivity contribution in [3.05, 3.63) is 47.6 Å². The number of allylic oxidation sites excluding steroid dienone is 6. The Balaban J connectivity index is 1.69. The molecule has 1 aliphatic carbocycles. The molecule has 3 heterocycles. The van der Waals surface area contributed by atoms with Crippen LogP contribution >= 0.6 is 0 Å². The van der Waals surface area contributed by atoms with E-state index in [0.29, 0.717) is 69.8 Å². The Morgan fingerprint density at radius 3 is 2.21 bits per heavy atom. The van der Waals surface area contributed by atoms with Crippen molar-refractivity contribution < 1.29 is 77.6 Å². The van der Waals surface area contributed by atoms with Gasteiger partial charge in [-0.15, -0.1) is 0 Å². The van der Waals surface area contributed by atoms with E-state index in [1.807, 2.05) is 51.2 Å². The van der Waals surface area contributed by atoms with Crippen LogP contribution in [0.25, 0.3) is 0 Å². The minimum Gasteiger partial charge on any atom is -0.460 e. The average Bonchev–Trinajstić information content (AvgIpc) is 3.37. The SMILES string of the molecule is COC1C(=O)[C@H](C)C[C@H](C)\C=C/C=C/C=C(\C)[C@@H](OC)C[C@@H]2CC[C@@H](C)[C@@](O)(O2)C(=O)C(=O)N2CCCC[C@H]2C(=O)O[C@H]([C@H](C)C[C@@H]2CC[C@@H](OC(=O)C(C)(CO)CO)[C@H](OC)C2)CC(=O)[C@H](C)/C=C(\C)[C@H]1O. The number of carbonyl (C=O) groups is 6. The van der Waals surface area contributed by atoms with E-state index >= 15 is 0 Å². The van der Waals surface area contributed by atoms with Gasteiger partial charge in [0.25, 0.3) is 11.7 Å². The lowest BCUT2D eigenvalue weighted by Crippen LogP contribution is -2.61. The number of carbonyl (C=O) groups excluding carboxylic acids is 6. The molecule has 1 amide bonds. The van der Waals surface area contributed by atoms with Crippen LogP contribution in [0, 0.1) is 40.9 Å². The van der Waals surface area contributed by atoms with Crippen molar-refractivity contribution in [2.75, 3.05) is 41.1 Å². The average molecular weight is 1030 g/mol. The molecule has 17 nitrogen and oxygen atoms in total. The molecule has 2 bridgehead atoms. The Morgan fingerprint density at radius 2 is 1.56 bits per heavy atom. The lowest BCUT2D eigenvalue weighted by Gasteiger charge is -2.42. The van der Waals surface area contributed by atoms with Crippen LogP contribution in [0.3, 0.4) is 0 Å². The van der Waals surface area contributed by atoms with Gasteiger partial charge < -0.3 is 53.7 Å². The highest BCUT2D eigenvalue weighted by Gasteiger charge is 2.53. The summed E-state index contributed by atoms with van der Waals surface area (Å²) in [5.74, 6) is -9.36. The summed E-state index contributed by atoms with van der Waals surface area (Å²) in [6, 6.07) is -1.20. The highest BCUT2D eigenvalue weighted by Crippen LogP contribution is 2.38. The Hall–Kier alpha value is -3.94. The van der Waals surface area contributed by atoms with Crippen molar-refractivity contribution in [3.63, 3.8) is 0 Å². The summed E-state index contributed by atoms with van der Waals surface area (Å²) < 4.78 is 35.4. The summed E-state index contributed by atoms with van der Waals surface area (Å²) in [7, 11) is 4.43. The summed E-state index contributed by atoms with van der Waals surface area (Å²) in [4.78, 5) is 85.4. The summed E-state index contributed by atoms with van der Waals surface area (Å²) in [5.41, 5.74) is -0.277. The number of hydrogen-bond donors (Lipinski definition) is 4. The number of ketones is 3. The number of cyclic esters (lactones) is 1. The molecule has 0 spiro atoms. The first-order valence-electron chi connectivity index (χ1n) is 26.4. The predicted octanol–water partition coefficient (Wildman–Crippen LogP) is 5.72. The van der Waals surface area contributed by atoms with E-state index in [4.69, 9.17) is 28.4 Å². The fourth-order valence-electron chi connectivity index (χ4n) is 10.7. The molecule has 4 N–H and O–H groups in total. The predicted molar refractivity (Wildman–Crippen MR) is 271 cm³/mol. The zero-order chi connectivity index (χ0) is 54.4. The van der Waals surface area contributed by atoms with E-state index < -0.39 is 120 Å². The number of methoxy groups -OCH3 is 3. The van der Waals surface area contributed by atoms with Gasteiger partial charge >= 0.3 is 11.9 Å². The second kappa shape index (κ2) is 28.3. The molecule has 0 aromatic heterocycles. The third-order valence-electron chi connectivity index (χ3n) is 15.9. The summed E-state index contributed by atoms with van der Waals surface area (Å²) in [6.07, 6.45) is 9.76. The molecular formula is C56H87NO16. The smallest absolute Gasteiger partial charge is 0.329 e. The van der Waals surface area contributed by atoms with E-state index in [1.54, 1.807) is 40.9 Å². The van der Waals surface area contributed by atoms with Crippen LogP contribution in [0.15, 0.2) is 47.6 Å². The van der Waals surface area contributed by atoms with Gasteiger partial charge in [-0.1, -0.05) is 71.1 Å². The molecule has 15 atom stereocenters. The number of rotatable bonds is 10. The van der Waals surface area contributed by atoms with Gasteiger partial charge in [0.2, 0.25) is 5.79 Å². The topological polar surface area (TPSA) is 242 Å². The highest BCUT2D eigenvalue weighted by atomic mass is 16.6. The molecule has 4 aliphatic rings. The Kier molecular flexibility index (Phi) is 23.9. The standard InChI is InChI=1S/C56H87NO16/c1-33-17-13-12-14-18-34(2)45(68-9)29-41-22-20-39(7)56(67,73-41)51(63)52(64)57-24-16-15-19-42(57)53(65)71-46(30-43(60)35(3)26-38(6)49(62)50(70-11)48(61)37(5)25-33)36(4)27-40-21-23-44(47(28-40)69-10)72-54(66)55(8,31-58)32-59/h12-14,17-18,26,33,35-37,39-42,44-47,49-50,58-59,62,67H,15-16,19-25,27-32H2,1-11H3/b14-12+,17-13-,34-18+,38-26+/t33-,35-,36-,37-,39-,40+,41+,42+,44-,45+,46+,47-,49-,50?,56-/m1/s1. The number of hydrogen-bond acceptors (Lipinski definition) is 16. The maximum absolute atomic E-state index is 14.5. The number of aliphatic hydroxyl groups excluding tert-OH is 3. The first kappa shape index (κ1) is 61.6. The summed E-state index contributed by atoms with van der Waals surface area (Å²) >= 11 is 0. The van der Waals surface area contributed by atoms with Crippen molar-refractivity contribution in [1.29, 1.82) is 0 Å². The van der Waals surface area contributed by atoms with Crippen LogP contribution in [0.5, 0.6) is 0 Å². The lowest BCUT2D eigenvalue weighted by molar-refractivity contribution is -0.265. The van der Waals surface area contributed by atoms with Gasteiger partial charge in [-0.05, 0) is 114 Å². The Morgan fingerprint density at radius 1 is 0.863 bits per heavy atom. The van der Waals surface area contributed by atoms with Gasteiger partial charge in [-0.3, -0.25) is 24.0 Å². The molecule has 0 aromatic rings. The quantitative estimate of drug-likeness (QED) is 0.116. The van der Waals surface area contributed by atoms with Crippen LogP contribution in [0.4, 0.5) is 0 Å². The molecule has 412 valence electrons. The Labute approximate surface area is 433 Å². The minimum absolute atomic E-state index is 0.00697. The molecule has 73 heavy (non-hydrogen) atoms. The maximum atomic E-state index is 14.5. The third-order valence-corrected chi connectivity index (χ3v) is 15.9. The van der Waals surface area contributed by atoms with Crippen molar-refractivity contribution in [2.24, 2.45) is 40.9 Å². The van der Waals surface area contributed by atoms with E-state index in [1.165, 1.54) is 21.1 Å². The van der Waals surface area contributed by atoms with Gasteiger partial charge in [0, 0.05) is 58.5 Å². The molecule has 3 aliphatic heterocycles. The molecular weight excluding hydrogens is 943 g/mol. The van der Waals surface area contributed by atoms with E-state index in [2.05, 4.69) is 0 Å². The second-order valence-corrected chi connectivity index (χ2v) is 21.8. The van der Waals surface area contributed by atoms with Crippen LogP contribution in [0.1, 0.15) is 132 Å². The van der Waals surface area contributed by atoms with Crippen molar-refractivity contribution in [3.8, 4) is 0 Å². The zero-order valence-electron chi connectivity index (χ0n) is 45.3. The second-order valence-electron chi connectivity index (χ2n) is 21.8. The van der Waals surface area contributed by atoms with Crippen molar-refractivity contribution in [1.82, 2.24) is 4.90 Å². The van der Waals surface area contributed by atoms with Gasteiger partial charge in [-0.25, -0.2) is 4.79 Å². The van der Waals surface area contributed by atoms with E-state index in [0.717, 1.165) is 10.5 Å². The normalized spacial score (nSPS) is 37.4. The number of ether oxygens (including phenoxy) is 6. The fourth-order valence-corrected chi connectivity index (χ4v) is 10.7. The zero-order valence-corrected chi connectivity index (χ0v) is 45.3. The molecule has 1 saturated carbocycles. The Bertz CT molecular complexity index is 2010. The number of fused-ring (bicyclic) bond motifs is 3. The van der Waals surface area contributed by atoms with E-state index in [-0.39, 0.29) is 42.8 Å². The van der Waals surface area contributed by atoms with Crippen molar-refractivity contribution >= 4 is 35.2 Å².